The lowest BCUT2D eigenvalue weighted by Crippen LogP contribution is -2.36. The zero-order valence-electron chi connectivity index (χ0n) is 13.0. The smallest absolute Gasteiger partial charge is 0.251 e. The molecule has 0 amide bonds. The van der Waals surface area contributed by atoms with Crippen LogP contribution in [0.5, 0.6) is 0 Å². The number of aryl methyl sites for hydroxylation is 1. The number of hydrogen-bond donors (Lipinski definition) is 2. The number of nitrogens with one attached hydrogen (secondary N) is 2. The number of aromatic amines is 1. The van der Waals surface area contributed by atoms with E-state index in [1.165, 1.54) is 0 Å². The molecule has 0 saturated carbocycles. The molecular weight excluding hydrogens is 270 g/mol. The van der Waals surface area contributed by atoms with Gasteiger partial charge in [0, 0.05) is 23.1 Å². The lowest BCUT2D eigenvalue weighted by Gasteiger charge is -2.23. The molecule has 20 heavy (non-hydrogen) atoms. The Morgan fingerprint density at radius 3 is 2.70 bits per heavy atom. The van der Waals surface area contributed by atoms with Gasteiger partial charge in [-0.3, -0.25) is 4.79 Å². The Hall–Kier alpha value is -0.810. The van der Waals surface area contributed by atoms with Gasteiger partial charge in [-0.1, -0.05) is 45.9 Å². The van der Waals surface area contributed by atoms with Crippen molar-refractivity contribution in [1.29, 1.82) is 0 Å². The fourth-order valence-corrected chi connectivity index (χ4v) is 3.29. The average molecular weight is 297 g/mol. The average Bonchev–Trinajstić information content (AvgIpc) is 2.39. The summed E-state index contributed by atoms with van der Waals surface area (Å²) >= 11 is 1.65. The van der Waals surface area contributed by atoms with Crippen LogP contribution in [-0.2, 0) is 6.42 Å². The van der Waals surface area contributed by atoms with E-state index >= 15 is 0 Å². The van der Waals surface area contributed by atoms with Gasteiger partial charge in [-0.2, -0.15) is 0 Å². The number of thioether (sulfide) groups is 1. The second-order valence-electron chi connectivity index (χ2n) is 5.08. The minimum absolute atomic E-state index is 0.0484. The molecule has 0 radical (unpaired) electrons. The van der Waals surface area contributed by atoms with Crippen molar-refractivity contribution in [2.45, 2.75) is 69.8 Å². The first-order chi connectivity index (χ1) is 9.60. The highest BCUT2D eigenvalue weighted by atomic mass is 32.2. The summed E-state index contributed by atoms with van der Waals surface area (Å²) in [6.07, 6.45) is 4.07. The predicted octanol–water partition coefficient (Wildman–Crippen LogP) is 2.98. The molecule has 0 aromatic carbocycles. The maximum Gasteiger partial charge on any atom is 0.251 e. The molecule has 0 saturated heterocycles. The Morgan fingerprint density at radius 1 is 1.35 bits per heavy atom. The Kier molecular flexibility index (Phi) is 7.92. The highest BCUT2D eigenvalue weighted by Gasteiger charge is 2.17. The lowest BCUT2D eigenvalue weighted by molar-refractivity contribution is 0.493. The maximum absolute atomic E-state index is 11.7. The molecule has 4 nitrogen and oxygen atoms in total. The summed E-state index contributed by atoms with van der Waals surface area (Å²) in [5, 5.41) is 4.67. The number of rotatable bonds is 9. The van der Waals surface area contributed by atoms with Crippen LogP contribution in [0.3, 0.4) is 0 Å². The Morgan fingerprint density at radius 2 is 2.10 bits per heavy atom. The van der Waals surface area contributed by atoms with Crippen LogP contribution >= 0.6 is 11.8 Å². The minimum atomic E-state index is -0.0484. The van der Waals surface area contributed by atoms with Crippen molar-refractivity contribution in [1.82, 2.24) is 15.3 Å². The molecular formula is C15H27N3OS. The van der Waals surface area contributed by atoms with Gasteiger partial charge in [0.15, 0.2) is 5.16 Å². The van der Waals surface area contributed by atoms with E-state index < -0.39 is 0 Å². The normalized spacial score (nSPS) is 14.2. The largest absolute Gasteiger partial charge is 0.313 e. The summed E-state index contributed by atoms with van der Waals surface area (Å²) in [6, 6.07) is 2.05. The molecule has 0 fully saturated rings. The van der Waals surface area contributed by atoms with Crippen molar-refractivity contribution < 1.29 is 0 Å². The van der Waals surface area contributed by atoms with Gasteiger partial charge >= 0.3 is 0 Å². The van der Waals surface area contributed by atoms with Crippen LogP contribution in [0.4, 0.5) is 0 Å². The first kappa shape index (κ1) is 17.2. The third-order valence-corrected chi connectivity index (χ3v) is 4.36. The summed E-state index contributed by atoms with van der Waals surface area (Å²) in [7, 11) is 0. The summed E-state index contributed by atoms with van der Waals surface area (Å²) in [5.41, 5.74) is 0.841. The Balaban J connectivity index is 2.72. The van der Waals surface area contributed by atoms with E-state index in [1.54, 1.807) is 17.8 Å². The highest BCUT2D eigenvalue weighted by molar-refractivity contribution is 7.99. The first-order valence-corrected chi connectivity index (χ1v) is 8.48. The molecule has 0 spiro atoms. The molecule has 1 rings (SSSR count). The number of H-pyrrole nitrogens is 1. The second kappa shape index (κ2) is 9.19. The lowest BCUT2D eigenvalue weighted by atomic mass is 10.1. The number of aromatic nitrogens is 2. The first-order valence-electron chi connectivity index (χ1n) is 7.60. The van der Waals surface area contributed by atoms with Crippen LogP contribution in [0.25, 0.3) is 0 Å². The molecule has 0 aliphatic carbocycles. The van der Waals surface area contributed by atoms with Crippen LogP contribution in [0.1, 0.15) is 52.7 Å². The Bertz CT molecular complexity index is 447. The van der Waals surface area contributed by atoms with Gasteiger partial charge in [-0.15, -0.1) is 0 Å². The number of nitrogens with zero attached hydrogens (tertiary/aromatic N) is 1. The van der Waals surface area contributed by atoms with Crippen molar-refractivity contribution in [2.75, 3.05) is 6.54 Å². The molecule has 5 heteroatoms. The van der Waals surface area contributed by atoms with Crippen LogP contribution < -0.4 is 10.9 Å². The summed E-state index contributed by atoms with van der Waals surface area (Å²) in [6.45, 7) is 9.68. The molecule has 1 aromatic heterocycles. The van der Waals surface area contributed by atoms with Gasteiger partial charge in [0.25, 0.3) is 5.56 Å². The molecule has 1 aromatic rings. The molecule has 2 unspecified atom stereocenters. The minimum Gasteiger partial charge on any atom is -0.313 e. The van der Waals surface area contributed by atoms with Gasteiger partial charge in [0.1, 0.15) is 0 Å². The highest BCUT2D eigenvalue weighted by Crippen LogP contribution is 2.22. The quantitative estimate of drug-likeness (QED) is 0.543. The fourth-order valence-electron chi connectivity index (χ4n) is 2.15. The SMILES string of the molecule is CCCNC(CC)C(C)Sc1nc(CCC)cc(=O)[nH]1. The van der Waals surface area contributed by atoms with Gasteiger partial charge < -0.3 is 10.3 Å². The topological polar surface area (TPSA) is 57.8 Å². The predicted molar refractivity (Wildman–Crippen MR) is 86.5 cm³/mol. The summed E-state index contributed by atoms with van der Waals surface area (Å²) in [4.78, 5) is 19.0. The zero-order chi connectivity index (χ0) is 15.0. The molecule has 0 aliphatic rings. The molecule has 2 atom stereocenters. The van der Waals surface area contributed by atoms with Crippen molar-refractivity contribution in [3.63, 3.8) is 0 Å². The van der Waals surface area contributed by atoms with E-state index in [2.05, 4.69) is 43.0 Å². The number of hydrogen-bond acceptors (Lipinski definition) is 4. The molecule has 0 bridgehead atoms. The van der Waals surface area contributed by atoms with Crippen molar-refractivity contribution in [2.24, 2.45) is 0 Å². The van der Waals surface area contributed by atoms with Crippen molar-refractivity contribution in [3.8, 4) is 0 Å². The Labute approximate surface area is 126 Å². The molecule has 1 heterocycles. The monoisotopic (exact) mass is 297 g/mol. The second-order valence-corrected chi connectivity index (χ2v) is 6.45. The van der Waals surface area contributed by atoms with Crippen LogP contribution in [-0.4, -0.2) is 27.8 Å². The van der Waals surface area contributed by atoms with Gasteiger partial charge in [0.05, 0.1) is 0 Å². The van der Waals surface area contributed by atoms with E-state index in [0.29, 0.717) is 11.3 Å². The van der Waals surface area contributed by atoms with Gasteiger partial charge in [-0.25, -0.2) is 4.98 Å². The zero-order valence-corrected chi connectivity index (χ0v) is 13.8. The molecule has 2 N–H and O–H groups in total. The van der Waals surface area contributed by atoms with Crippen LogP contribution in [0.15, 0.2) is 16.0 Å². The van der Waals surface area contributed by atoms with E-state index in [1.807, 2.05) is 0 Å². The molecule has 0 aliphatic heterocycles. The van der Waals surface area contributed by atoms with E-state index in [4.69, 9.17) is 0 Å². The van der Waals surface area contributed by atoms with E-state index in [9.17, 15) is 4.79 Å². The van der Waals surface area contributed by atoms with Gasteiger partial charge in [0.2, 0.25) is 0 Å². The van der Waals surface area contributed by atoms with Crippen molar-refractivity contribution in [3.05, 3.63) is 22.1 Å². The van der Waals surface area contributed by atoms with Crippen molar-refractivity contribution >= 4 is 11.8 Å². The van der Waals surface area contributed by atoms with Gasteiger partial charge in [-0.05, 0) is 25.8 Å². The van der Waals surface area contributed by atoms with E-state index in [0.717, 1.165) is 43.1 Å². The summed E-state index contributed by atoms with van der Waals surface area (Å²) < 4.78 is 0. The molecule has 114 valence electrons. The van der Waals surface area contributed by atoms with E-state index in [-0.39, 0.29) is 5.56 Å². The van der Waals surface area contributed by atoms with Crippen LogP contribution in [0, 0.1) is 0 Å². The third kappa shape index (κ3) is 5.67. The third-order valence-electron chi connectivity index (χ3n) is 3.24. The fraction of sp³-hybridized carbons (Fsp3) is 0.733. The standard InChI is InChI=1S/C15H27N3OS/c1-5-8-12-10-14(19)18-15(17-12)20-11(4)13(7-3)16-9-6-2/h10-11,13,16H,5-9H2,1-4H3,(H,17,18,19). The maximum atomic E-state index is 11.7. The van der Waals surface area contributed by atoms with Crippen LogP contribution in [0.2, 0.25) is 0 Å². The summed E-state index contributed by atoms with van der Waals surface area (Å²) in [5.74, 6) is 0.